The summed E-state index contributed by atoms with van der Waals surface area (Å²) >= 11 is 0. The van der Waals surface area contributed by atoms with Crippen molar-refractivity contribution in [3.8, 4) is 0 Å². The molecular weight excluding hydrogens is 178 g/mol. The highest BCUT2D eigenvalue weighted by atomic mass is 16.5. The summed E-state index contributed by atoms with van der Waals surface area (Å²) in [7, 11) is 0. The molecule has 1 saturated carbocycles. The number of aliphatic hydroxyl groups is 1. The van der Waals surface area contributed by atoms with Crippen molar-refractivity contribution in [2.24, 2.45) is 0 Å². The standard InChI is InChI=1S/C11H23NO2/c13-9-4-3-7-12-8-10-14-11-5-1-2-6-11/h11-13H,1-10H2. The maximum Gasteiger partial charge on any atom is 0.0594 e. The molecular formula is C11H23NO2. The first-order valence-electron chi connectivity index (χ1n) is 5.86. The van der Waals surface area contributed by atoms with Gasteiger partial charge in [0.2, 0.25) is 0 Å². The molecule has 0 radical (unpaired) electrons. The second-order valence-electron chi connectivity index (χ2n) is 3.96. The van der Waals surface area contributed by atoms with Crippen molar-refractivity contribution in [2.75, 3.05) is 26.3 Å². The van der Waals surface area contributed by atoms with Crippen LogP contribution in [0.25, 0.3) is 0 Å². The van der Waals surface area contributed by atoms with Crippen LogP contribution in [0.15, 0.2) is 0 Å². The van der Waals surface area contributed by atoms with E-state index in [1.165, 1.54) is 25.7 Å². The summed E-state index contributed by atoms with van der Waals surface area (Å²) in [6, 6.07) is 0. The molecule has 0 atom stereocenters. The minimum atomic E-state index is 0.306. The van der Waals surface area contributed by atoms with E-state index in [0.29, 0.717) is 12.7 Å². The third-order valence-corrected chi connectivity index (χ3v) is 2.70. The molecule has 0 aromatic heterocycles. The van der Waals surface area contributed by atoms with Crippen LogP contribution in [0.4, 0.5) is 0 Å². The maximum atomic E-state index is 8.56. The van der Waals surface area contributed by atoms with Crippen molar-refractivity contribution >= 4 is 0 Å². The predicted molar refractivity (Wildman–Crippen MR) is 57.4 cm³/mol. The van der Waals surface area contributed by atoms with Gasteiger partial charge < -0.3 is 15.2 Å². The Balaban J connectivity index is 1.75. The van der Waals surface area contributed by atoms with Crippen molar-refractivity contribution in [3.05, 3.63) is 0 Å². The number of nitrogens with one attached hydrogen (secondary N) is 1. The smallest absolute Gasteiger partial charge is 0.0594 e. The molecule has 14 heavy (non-hydrogen) atoms. The van der Waals surface area contributed by atoms with Crippen LogP contribution < -0.4 is 5.32 Å². The zero-order chi connectivity index (χ0) is 10.1. The quantitative estimate of drug-likeness (QED) is 0.582. The van der Waals surface area contributed by atoms with Gasteiger partial charge in [0.25, 0.3) is 0 Å². The number of aliphatic hydroxyl groups excluding tert-OH is 1. The molecule has 1 rings (SSSR count). The molecule has 0 amide bonds. The zero-order valence-electron chi connectivity index (χ0n) is 9.00. The molecule has 0 aliphatic heterocycles. The van der Waals surface area contributed by atoms with Gasteiger partial charge in [-0.15, -0.1) is 0 Å². The van der Waals surface area contributed by atoms with Gasteiger partial charge in [-0.05, 0) is 32.2 Å². The number of rotatable bonds is 8. The fraction of sp³-hybridized carbons (Fsp3) is 1.00. The number of ether oxygens (including phenoxy) is 1. The van der Waals surface area contributed by atoms with Crippen LogP contribution >= 0.6 is 0 Å². The van der Waals surface area contributed by atoms with Crippen LogP contribution in [0.2, 0.25) is 0 Å². The van der Waals surface area contributed by atoms with Crippen LogP contribution in [0.5, 0.6) is 0 Å². The topological polar surface area (TPSA) is 41.5 Å². The summed E-state index contributed by atoms with van der Waals surface area (Å²) < 4.78 is 5.70. The van der Waals surface area contributed by atoms with Crippen molar-refractivity contribution in [1.82, 2.24) is 5.32 Å². The summed E-state index contributed by atoms with van der Waals surface area (Å²) in [4.78, 5) is 0. The van der Waals surface area contributed by atoms with E-state index < -0.39 is 0 Å². The summed E-state index contributed by atoms with van der Waals surface area (Å²) in [5.41, 5.74) is 0. The molecule has 0 saturated heterocycles. The van der Waals surface area contributed by atoms with E-state index >= 15 is 0 Å². The Hall–Kier alpha value is -0.120. The van der Waals surface area contributed by atoms with Crippen LogP contribution in [-0.2, 0) is 4.74 Å². The van der Waals surface area contributed by atoms with E-state index in [9.17, 15) is 0 Å². The molecule has 0 bridgehead atoms. The highest BCUT2D eigenvalue weighted by Gasteiger charge is 2.14. The van der Waals surface area contributed by atoms with Crippen LogP contribution in [0.1, 0.15) is 38.5 Å². The average Bonchev–Trinajstić information content (AvgIpc) is 2.69. The summed E-state index contributed by atoms with van der Waals surface area (Å²) in [6.45, 7) is 3.08. The molecule has 0 heterocycles. The number of unbranched alkanes of at least 4 members (excludes halogenated alkanes) is 1. The maximum absolute atomic E-state index is 8.56. The largest absolute Gasteiger partial charge is 0.396 e. The second-order valence-corrected chi connectivity index (χ2v) is 3.96. The molecule has 0 aromatic carbocycles. The van der Waals surface area contributed by atoms with Crippen molar-refractivity contribution in [3.63, 3.8) is 0 Å². The highest BCUT2D eigenvalue weighted by molar-refractivity contribution is 4.66. The SMILES string of the molecule is OCCCCNCCOC1CCCC1. The van der Waals surface area contributed by atoms with Gasteiger partial charge in [-0.25, -0.2) is 0 Å². The van der Waals surface area contributed by atoms with E-state index in [0.717, 1.165) is 32.5 Å². The molecule has 0 aromatic rings. The third-order valence-electron chi connectivity index (χ3n) is 2.70. The summed E-state index contributed by atoms with van der Waals surface area (Å²) in [5, 5.41) is 11.9. The predicted octanol–water partition coefficient (Wildman–Crippen LogP) is 1.31. The monoisotopic (exact) mass is 201 g/mol. The van der Waals surface area contributed by atoms with Gasteiger partial charge in [-0.3, -0.25) is 0 Å². The lowest BCUT2D eigenvalue weighted by Gasteiger charge is -2.11. The number of hydrogen-bond acceptors (Lipinski definition) is 3. The normalized spacial score (nSPS) is 17.8. The van der Waals surface area contributed by atoms with Crippen LogP contribution in [0, 0.1) is 0 Å². The highest BCUT2D eigenvalue weighted by Crippen LogP contribution is 2.20. The Labute approximate surface area is 86.8 Å². The fourth-order valence-corrected chi connectivity index (χ4v) is 1.84. The van der Waals surface area contributed by atoms with Gasteiger partial charge in [0, 0.05) is 13.2 Å². The fourth-order valence-electron chi connectivity index (χ4n) is 1.84. The molecule has 1 aliphatic carbocycles. The molecule has 2 N–H and O–H groups in total. The van der Waals surface area contributed by atoms with Crippen molar-refractivity contribution in [2.45, 2.75) is 44.6 Å². The second kappa shape index (κ2) is 8.21. The average molecular weight is 201 g/mol. The van der Waals surface area contributed by atoms with Gasteiger partial charge in [-0.2, -0.15) is 0 Å². The van der Waals surface area contributed by atoms with E-state index in [-0.39, 0.29) is 0 Å². The zero-order valence-corrected chi connectivity index (χ0v) is 9.00. The Kier molecular flexibility index (Phi) is 7.01. The first kappa shape index (κ1) is 12.0. The number of hydrogen-bond donors (Lipinski definition) is 2. The van der Waals surface area contributed by atoms with E-state index in [1.54, 1.807) is 0 Å². The molecule has 0 spiro atoms. The van der Waals surface area contributed by atoms with E-state index in [2.05, 4.69) is 5.32 Å². The van der Waals surface area contributed by atoms with Gasteiger partial charge in [0.15, 0.2) is 0 Å². The molecule has 3 nitrogen and oxygen atoms in total. The first-order valence-corrected chi connectivity index (χ1v) is 5.86. The van der Waals surface area contributed by atoms with Crippen molar-refractivity contribution in [1.29, 1.82) is 0 Å². The van der Waals surface area contributed by atoms with Crippen LogP contribution in [-0.4, -0.2) is 37.5 Å². The molecule has 3 heteroatoms. The minimum Gasteiger partial charge on any atom is -0.396 e. The van der Waals surface area contributed by atoms with Crippen LogP contribution in [0.3, 0.4) is 0 Å². The first-order chi connectivity index (χ1) is 6.93. The van der Waals surface area contributed by atoms with Gasteiger partial charge in [0.1, 0.15) is 0 Å². The molecule has 0 unspecified atom stereocenters. The lowest BCUT2D eigenvalue weighted by Crippen LogP contribution is -2.23. The van der Waals surface area contributed by atoms with Gasteiger partial charge >= 0.3 is 0 Å². The summed E-state index contributed by atoms with van der Waals surface area (Å²) in [5.74, 6) is 0. The Morgan fingerprint density at radius 2 is 1.93 bits per heavy atom. The molecule has 1 fully saturated rings. The van der Waals surface area contributed by atoms with E-state index in [4.69, 9.17) is 9.84 Å². The third kappa shape index (κ3) is 5.58. The Morgan fingerprint density at radius 3 is 2.64 bits per heavy atom. The van der Waals surface area contributed by atoms with E-state index in [1.807, 2.05) is 0 Å². The lowest BCUT2D eigenvalue weighted by atomic mass is 10.3. The Morgan fingerprint density at radius 1 is 1.14 bits per heavy atom. The minimum absolute atomic E-state index is 0.306. The van der Waals surface area contributed by atoms with Gasteiger partial charge in [-0.1, -0.05) is 12.8 Å². The summed E-state index contributed by atoms with van der Waals surface area (Å²) in [6.07, 6.45) is 7.68. The lowest BCUT2D eigenvalue weighted by molar-refractivity contribution is 0.0604. The van der Waals surface area contributed by atoms with Crippen molar-refractivity contribution < 1.29 is 9.84 Å². The molecule has 1 aliphatic rings. The Bertz CT molecular complexity index is 124. The molecule has 84 valence electrons. The van der Waals surface area contributed by atoms with Gasteiger partial charge in [0.05, 0.1) is 12.7 Å².